The fraction of sp³-hybridized carbons (Fsp3) is 0.560. The average molecular weight is 519 g/mol. The molecule has 5 rings (SSSR count). The van der Waals surface area contributed by atoms with Crippen molar-refractivity contribution in [2.45, 2.75) is 44.4 Å². The van der Waals surface area contributed by atoms with Gasteiger partial charge in [0.1, 0.15) is 5.82 Å². The molecule has 1 spiro atoms. The number of aliphatic hydroxyl groups excluding tert-OH is 1. The Morgan fingerprint density at radius 3 is 2.44 bits per heavy atom. The van der Waals surface area contributed by atoms with Gasteiger partial charge in [-0.25, -0.2) is 13.8 Å². The molecule has 0 unspecified atom stereocenters. The van der Waals surface area contributed by atoms with E-state index in [9.17, 15) is 13.6 Å². The van der Waals surface area contributed by atoms with Gasteiger partial charge in [0.25, 0.3) is 11.8 Å². The Morgan fingerprint density at radius 1 is 1.03 bits per heavy atom. The second-order valence-corrected chi connectivity index (χ2v) is 10.9. The number of piperidine rings is 2. The van der Waals surface area contributed by atoms with E-state index in [1.807, 2.05) is 12.1 Å². The molecular formula is C25H32F2N6O2S. The molecule has 1 aromatic heterocycles. The number of aromatic nitrogens is 2. The number of halogens is 2. The van der Waals surface area contributed by atoms with Crippen LogP contribution in [0.4, 0.5) is 31.8 Å². The summed E-state index contributed by atoms with van der Waals surface area (Å²) in [6, 6.07) is 5.64. The molecule has 2 aromatic rings. The third-order valence-electron chi connectivity index (χ3n) is 7.43. The summed E-state index contributed by atoms with van der Waals surface area (Å²) >= 11 is 1.41. The maximum absolute atomic E-state index is 13.5. The molecule has 2 aliphatic heterocycles. The summed E-state index contributed by atoms with van der Waals surface area (Å²) in [6.07, 6.45) is 7.44. The van der Waals surface area contributed by atoms with Gasteiger partial charge in [0.05, 0.1) is 30.3 Å². The van der Waals surface area contributed by atoms with Crippen LogP contribution in [0.25, 0.3) is 0 Å². The van der Waals surface area contributed by atoms with E-state index in [-0.39, 0.29) is 44.3 Å². The molecule has 1 saturated carbocycles. The van der Waals surface area contributed by atoms with Crippen LogP contribution < -0.4 is 19.8 Å². The Hall–Kier alpha value is -2.66. The van der Waals surface area contributed by atoms with Crippen LogP contribution in [-0.4, -0.2) is 65.4 Å². The van der Waals surface area contributed by atoms with E-state index in [0.29, 0.717) is 22.5 Å². The van der Waals surface area contributed by atoms with Crippen molar-refractivity contribution in [3.05, 3.63) is 36.2 Å². The Morgan fingerprint density at radius 2 is 1.75 bits per heavy atom. The van der Waals surface area contributed by atoms with E-state index in [1.165, 1.54) is 37.2 Å². The third kappa shape index (κ3) is 5.83. The molecule has 8 nitrogen and oxygen atoms in total. The molecule has 0 atom stereocenters. The van der Waals surface area contributed by atoms with Gasteiger partial charge in [-0.15, -0.1) is 0 Å². The van der Waals surface area contributed by atoms with Crippen LogP contribution in [-0.2, 0) is 0 Å². The van der Waals surface area contributed by atoms with Gasteiger partial charge in [-0.1, -0.05) is 11.9 Å². The number of hydrogen-bond donors (Lipinski definition) is 3. The minimum Gasteiger partial charge on any atom is -0.395 e. The molecule has 3 aliphatic rings. The zero-order valence-corrected chi connectivity index (χ0v) is 21.0. The number of anilines is 4. The monoisotopic (exact) mass is 518 g/mol. The smallest absolute Gasteiger partial charge is 0.258 e. The van der Waals surface area contributed by atoms with E-state index in [0.717, 1.165) is 37.3 Å². The molecule has 3 N–H and O–H groups in total. The highest BCUT2D eigenvalue weighted by Crippen LogP contribution is 2.54. The lowest BCUT2D eigenvalue weighted by atomic mass is 9.93. The summed E-state index contributed by atoms with van der Waals surface area (Å²) in [5.41, 5.74) is 2.79. The van der Waals surface area contributed by atoms with Crippen molar-refractivity contribution in [1.29, 1.82) is 0 Å². The number of nitrogens with zero attached hydrogens (tertiary/aromatic N) is 4. The fourth-order valence-electron chi connectivity index (χ4n) is 4.94. The molecule has 36 heavy (non-hydrogen) atoms. The number of nitrogens with one attached hydrogen (secondary N) is 2. The predicted octanol–water partition coefficient (Wildman–Crippen LogP) is 4.40. The zero-order valence-electron chi connectivity index (χ0n) is 20.2. The Labute approximate surface area is 214 Å². The minimum absolute atomic E-state index is 0.0825. The topological polar surface area (TPSA) is 93.6 Å². The quantitative estimate of drug-likeness (QED) is 0.350. The van der Waals surface area contributed by atoms with E-state index in [4.69, 9.17) is 5.11 Å². The summed E-state index contributed by atoms with van der Waals surface area (Å²) in [4.78, 5) is 26.1. The number of hydrogen-bond acceptors (Lipinski definition) is 8. The molecule has 0 bridgehead atoms. The summed E-state index contributed by atoms with van der Waals surface area (Å²) in [5, 5.41) is 11.9. The van der Waals surface area contributed by atoms with E-state index in [1.54, 1.807) is 11.0 Å². The normalized spacial score (nSPS) is 20.3. The van der Waals surface area contributed by atoms with Gasteiger partial charge in [-0.05, 0) is 49.3 Å². The molecule has 3 fully saturated rings. The van der Waals surface area contributed by atoms with Crippen molar-refractivity contribution in [3.63, 3.8) is 0 Å². The number of benzene rings is 1. The highest BCUT2D eigenvalue weighted by atomic mass is 32.2. The van der Waals surface area contributed by atoms with Crippen molar-refractivity contribution < 1.29 is 18.7 Å². The highest BCUT2D eigenvalue weighted by molar-refractivity contribution is 8.00. The van der Waals surface area contributed by atoms with E-state index in [2.05, 4.69) is 24.9 Å². The van der Waals surface area contributed by atoms with Gasteiger partial charge in [0.2, 0.25) is 0 Å². The van der Waals surface area contributed by atoms with Gasteiger partial charge in [0.15, 0.2) is 5.82 Å². The lowest BCUT2D eigenvalue weighted by Crippen LogP contribution is -2.39. The van der Waals surface area contributed by atoms with Gasteiger partial charge in [-0.2, -0.15) is 0 Å². The number of alkyl halides is 2. The predicted molar refractivity (Wildman–Crippen MR) is 139 cm³/mol. The standard InChI is InChI=1S/C25H32F2N6O2S/c26-25(27)7-11-33(12-8-25)22-17-28-16-21(29-22)30-23(35)19-2-1-18(31-36-14-13-34)15-20(19)32-9-5-24(3-4-24)6-10-32/h1-2,15-17,31,34H,3-14H2,(H,29,30,35). The molecule has 3 heterocycles. The minimum atomic E-state index is -2.64. The van der Waals surface area contributed by atoms with Crippen LogP contribution in [0.2, 0.25) is 0 Å². The van der Waals surface area contributed by atoms with Crippen molar-refractivity contribution >= 4 is 40.9 Å². The van der Waals surface area contributed by atoms with Crippen molar-refractivity contribution in [2.24, 2.45) is 5.41 Å². The number of carbonyl (C=O) groups excluding carboxylic acids is 1. The van der Waals surface area contributed by atoms with Crippen molar-refractivity contribution in [1.82, 2.24) is 9.97 Å². The summed E-state index contributed by atoms with van der Waals surface area (Å²) in [5.74, 6) is -1.60. The Bertz CT molecular complexity index is 1080. The first-order chi connectivity index (χ1) is 17.4. The lowest BCUT2D eigenvalue weighted by molar-refractivity contribution is -0.0221. The molecule has 0 radical (unpaired) electrons. The average Bonchev–Trinajstić information content (AvgIpc) is 3.63. The van der Waals surface area contributed by atoms with Crippen LogP contribution in [0.3, 0.4) is 0 Å². The second kappa shape index (κ2) is 10.4. The number of rotatable bonds is 8. The summed E-state index contributed by atoms with van der Waals surface area (Å²) in [7, 11) is 0. The number of aliphatic hydroxyl groups is 1. The van der Waals surface area contributed by atoms with Gasteiger partial charge in [0, 0.05) is 50.5 Å². The molecule has 11 heteroatoms. The van der Waals surface area contributed by atoms with Crippen molar-refractivity contribution in [3.8, 4) is 0 Å². The SMILES string of the molecule is O=C(Nc1cncc(N2CCC(F)(F)CC2)n1)c1ccc(NSCCO)cc1N1CCC2(CC1)CC2. The van der Waals surface area contributed by atoms with Crippen LogP contribution in [0.1, 0.15) is 48.9 Å². The third-order valence-corrected chi connectivity index (χ3v) is 8.20. The van der Waals surface area contributed by atoms with E-state index >= 15 is 0 Å². The van der Waals surface area contributed by atoms with Gasteiger partial charge >= 0.3 is 0 Å². The maximum atomic E-state index is 13.5. The fourth-order valence-corrected chi connectivity index (χ4v) is 5.43. The molecule has 1 aromatic carbocycles. The lowest BCUT2D eigenvalue weighted by Gasteiger charge is -2.35. The van der Waals surface area contributed by atoms with Crippen LogP contribution >= 0.6 is 11.9 Å². The van der Waals surface area contributed by atoms with Crippen molar-refractivity contribution in [2.75, 3.05) is 58.4 Å². The van der Waals surface area contributed by atoms with Gasteiger partial charge < -0.3 is 24.9 Å². The van der Waals surface area contributed by atoms with Crippen LogP contribution in [0.5, 0.6) is 0 Å². The Kier molecular flexibility index (Phi) is 7.21. The van der Waals surface area contributed by atoms with Gasteiger partial charge in [-0.3, -0.25) is 9.78 Å². The van der Waals surface area contributed by atoms with Crippen LogP contribution in [0.15, 0.2) is 30.6 Å². The first kappa shape index (κ1) is 25.0. The highest BCUT2D eigenvalue weighted by Gasteiger charge is 2.44. The molecule has 2 saturated heterocycles. The first-order valence-corrected chi connectivity index (χ1v) is 13.5. The first-order valence-electron chi connectivity index (χ1n) is 12.5. The summed E-state index contributed by atoms with van der Waals surface area (Å²) in [6.45, 7) is 2.29. The molecule has 1 aliphatic carbocycles. The largest absolute Gasteiger partial charge is 0.395 e. The Balaban J connectivity index is 1.32. The molecule has 1 amide bonds. The van der Waals surface area contributed by atoms with Crippen LogP contribution in [0, 0.1) is 5.41 Å². The summed E-state index contributed by atoms with van der Waals surface area (Å²) < 4.78 is 30.3. The molecular weight excluding hydrogens is 486 g/mol. The van der Waals surface area contributed by atoms with E-state index < -0.39 is 5.92 Å². The number of amides is 1. The second-order valence-electron chi connectivity index (χ2n) is 9.95. The zero-order chi connectivity index (χ0) is 25.2. The maximum Gasteiger partial charge on any atom is 0.258 e. The number of carbonyl (C=O) groups is 1. The molecule has 194 valence electrons.